The molecule has 0 aliphatic carbocycles. The summed E-state index contributed by atoms with van der Waals surface area (Å²) in [5.41, 5.74) is 1.10. The second-order valence-corrected chi connectivity index (χ2v) is 6.85. The van der Waals surface area contributed by atoms with Gasteiger partial charge in [-0.25, -0.2) is 9.18 Å². The summed E-state index contributed by atoms with van der Waals surface area (Å²) in [6, 6.07) is 16.7. The molecule has 2 fully saturated rings. The van der Waals surface area contributed by atoms with Crippen molar-refractivity contribution < 1.29 is 13.9 Å². The Balaban J connectivity index is 1.42. The van der Waals surface area contributed by atoms with E-state index in [0.717, 1.165) is 32.5 Å². The molecule has 4 nitrogen and oxygen atoms in total. The van der Waals surface area contributed by atoms with Crippen LogP contribution in [0.3, 0.4) is 0 Å². The lowest BCUT2D eigenvalue weighted by atomic mass is 9.91. The molecular formula is C20H21FN2O2. The number of nitrogens with zero attached hydrogens (tertiary/aromatic N) is 2. The van der Waals surface area contributed by atoms with Crippen molar-refractivity contribution in [3.63, 3.8) is 0 Å². The van der Waals surface area contributed by atoms with E-state index in [9.17, 15) is 9.18 Å². The molecule has 2 aliphatic heterocycles. The third-order valence-corrected chi connectivity index (χ3v) is 5.13. The number of amides is 1. The third-order valence-electron chi connectivity index (χ3n) is 5.13. The van der Waals surface area contributed by atoms with Gasteiger partial charge in [-0.2, -0.15) is 0 Å². The molecule has 130 valence electrons. The average molecular weight is 340 g/mol. The molecule has 0 atom stereocenters. The van der Waals surface area contributed by atoms with Gasteiger partial charge in [0.05, 0.1) is 12.2 Å². The van der Waals surface area contributed by atoms with Gasteiger partial charge in [-0.15, -0.1) is 0 Å². The van der Waals surface area contributed by atoms with Crippen LogP contribution in [0.1, 0.15) is 18.4 Å². The fourth-order valence-electron chi connectivity index (χ4n) is 3.70. The summed E-state index contributed by atoms with van der Waals surface area (Å²) in [6.07, 6.45) is 1.11. The first-order valence-corrected chi connectivity index (χ1v) is 8.67. The molecule has 5 heteroatoms. The Kier molecular flexibility index (Phi) is 4.17. The molecule has 0 aromatic heterocycles. The van der Waals surface area contributed by atoms with Crippen molar-refractivity contribution in [1.29, 1.82) is 0 Å². The maximum absolute atomic E-state index is 14.0. The van der Waals surface area contributed by atoms with Crippen molar-refractivity contribution in [3.05, 3.63) is 66.0 Å². The molecule has 2 aliphatic rings. The number of para-hydroxylation sites is 1. The largest absolute Gasteiger partial charge is 0.441 e. The Labute approximate surface area is 146 Å². The van der Waals surface area contributed by atoms with E-state index < -0.39 is 17.5 Å². The number of anilines is 1. The van der Waals surface area contributed by atoms with Crippen molar-refractivity contribution in [1.82, 2.24) is 4.90 Å². The predicted octanol–water partition coefficient (Wildman–Crippen LogP) is 3.82. The Morgan fingerprint density at radius 3 is 2.40 bits per heavy atom. The number of hydrogen-bond donors (Lipinski definition) is 0. The predicted molar refractivity (Wildman–Crippen MR) is 93.9 cm³/mol. The fourth-order valence-corrected chi connectivity index (χ4v) is 3.70. The molecule has 4 rings (SSSR count). The first-order valence-electron chi connectivity index (χ1n) is 8.67. The molecule has 0 radical (unpaired) electrons. The van der Waals surface area contributed by atoms with E-state index in [-0.39, 0.29) is 0 Å². The molecule has 1 spiro atoms. The number of carbonyl (C=O) groups is 1. The Bertz CT molecular complexity index is 757. The normalized spacial score (nSPS) is 20.0. The van der Waals surface area contributed by atoms with Crippen molar-refractivity contribution in [2.45, 2.75) is 25.0 Å². The first kappa shape index (κ1) is 16.1. The number of halogens is 1. The first-order chi connectivity index (χ1) is 12.2. The highest BCUT2D eigenvalue weighted by molar-refractivity contribution is 5.90. The number of hydrogen-bond acceptors (Lipinski definition) is 3. The summed E-state index contributed by atoms with van der Waals surface area (Å²) >= 11 is 0. The minimum Gasteiger partial charge on any atom is -0.441 e. The van der Waals surface area contributed by atoms with Crippen molar-refractivity contribution in [2.75, 3.05) is 24.5 Å². The van der Waals surface area contributed by atoms with Crippen LogP contribution in [0.25, 0.3) is 0 Å². The molecule has 2 aromatic rings. The minimum absolute atomic E-state index is 0.302. The van der Waals surface area contributed by atoms with E-state index >= 15 is 0 Å². The van der Waals surface area contributed by atoms with E-state index in [1.165, 1.54) is 16.5 Å². The van der Waals surface area contributed by atoms with Gasteiger partial charge in [0.1, 0.15) is 11.4 Å². The maximum Gasteiger partial charge on any atom is 0.415 e. The Morgan fingerprint density at radius 2 is 1.68 bits per heavy atom. The SMILES string of the molecule is O=C1OC2(CCN(Cc3ccccc3)CC2)CN1c1ccccc1F. The van der Waals surface area contributed by atoms with E-state index in [2.05, 4.69) is 17.0 Å². The van der Waals surface area contributed by atoms with Gasteiger partial charge in [-0.3, -0.25) is 9.80 Å². The van der Waals surface area contributed by atoms with Gasteiger partial charge in [0, 0.05) is 32.5 Å². The summed E-state index contributed by atoms with van der Waals surface area (Å²) in [7, 11) is 0. The number of carbonyl (C=O) groups excluding carboxylic acids is 1. The van der Waals surface area contributed by atoms with Crippen molar-refractivity contribution in [2.24, 2.45) is 0 Å². The lowest BCUT2D eigenvalue weighted by Gasteiger charge is -2.37. The highest BCUT2D eigenvalue weighted by atomic mass is 19.1. The lowest BCUT2D eigenvalue weighted by molar-refractivity contribution is -0.000970. The molecule has 1 amide bonds. The van der Waals surface area contributed by atoms with Crippen molar-refractivity contribution >= 4 is 11.8 Å². The van der Waals surface area contributed by atoms with Crippen LogP contribution in [0.2, 0.25) is 0 Å². The van der Waals surface area contributed by atoms with Crippen LogP contribution < -0.4 is 4.90 Å². The average Bonchev–Trinajstić information content (AvgIpc) is 2.95. The lowest BCUT2D eigenvalue weighted by Crippen LogP contribution is -2.46. The molecular weight excluding hydrogens is 319 g/mol. The monoisotopic (exact) mass is 340 g/mol. The minimum atomic E-state index is -0.493. The smallest absolute Gasteiger partial charge is 0.415 e. The molecule has 0 N–H and O–H groups in total. The number of rotatable bonds is 3. The maximum atomic E-state index is 14.0. The molecule has 2 heterocycles. The third kappa shape index (κ3) is 3.24. The zero-order valence-corrected chi connectivity index (χ0v) is 14.0. The van der Waals surface area contributed by atoms with Gasteiger partial charge >= 0.3 is 6.09 Å². The zero-order valence-electron chi connectivity index (χ0n) is 14.0. The Morgan fingerprint density at radius 1 is 1.00 bits per heavy atom. The highest BCUT2D eigenvalue weighted by Crippen LogP contribution is 2.36. The number of likely N-dealkylation sites (tertiary alicyclic amines) is 1. The van der Waals surface area contributed by atoms with Gasteiger partial charge < -0.3 is 4.74 Å². The topological polar surface area (TPSA) is 32.8 Å². The second-order valence-electron chi connectivity index (χ2n) is 6.85. The van der Waals surface area contributed by atoms with Gasteiger partial charge in [0.2, 0.25) is 0 Å². The van der Waals surface area contributed by atoms with Crippen LogP contribution in [0.4, 0.5) is 14.9 Å². The van der Waals surface area contributed by atoms with E-state index in [1.807, 2.05) is 18.2 Å². The van der Waals surface area contributed by atoms with Gasteiger partial charge in [-0.1, -0.05) is 42.5 Å². The number of piperidine rings is 1. The summed E-state index contributed by atoms with van der Waals surface area (Å²) in [5.74, 6) is -0.391. The van der Waals surface area contributed by atoms with E-state index in [4.69, 9.17) is 4.74 Å². The van der Waals surface area contributed by atoms with Crippen molar-refractivity contribution in [3.8, 4) is 0 Å². The van der Waals surface area contributed by atoms with Crippen LogP contribution in [0.5, 0.6) is 0 Å². The molecule has 0 saturated carbocycles. The second kappa shape index (κ2) is 6.48. The zero-order chi connectivity index (χ0) is 17.3. The van der Waals surface area contributed by atoms with Crippen LogP contribution in [-0.2, 0) is 11.3 Å². The highest BCUT2D eigenvalue weighted by Gasteiger charge is 2.47. The number of benzene rings is 2. The van der Waals surface area contributed by atoms with Crippen LogP contribution in [0, 0.1) is 5.82 Å². The summed E-state index contributed by atoms with van der Waals surface area (Å²) in [4.78, 5) is 16.1. The van der Waals surface area contributed by atoms with E-state index in [0.29, 0.717) is 12.2 Å². The molecule has 0 bridgehead atoms. The van der Waals surface area contributed by atoms with E-state index in [1.54, 1.807) is 18.2 Å². The molecule has 2 saturated heterocycles. The summed E-state index contributed by atoms with van der Waals surface area (Å²) in [6.45, 7) is 3.06. The Hall–Kier alpha value is -2.40. The van der Waals surface area contributed by atoms with Crippen LogP contribution in [-0.4, -0.2) is 36.2 Å². The summed E-state index contributed by atoms with van der Waals surface area (Å²) < 4.78 is 19.7. The van der Waals surface area contributed by atoms with Gasteiger partial charge in [0.15, 0.2) is 0 Å². The molecule has 25 heavy (non-hydrogen) atoms. The molecule has 2 aromatic carbocycles. The quantitative estimate of drug-likeness (QED) is 0.852. The van der Waals surface area contributed by atoms with Gasteiger partial charge in [-0.05, 0) is 17.7 Å². The van der Waals surface area contributed by atoms with Gasteiger partial charge in [0.25, 0.3) is 0 Å². The summed E-state index contributed by atoms with van der Waals surface area (Å²) in [5, 5.41) is 0. The standard InChI is InChI=1S/C20H21FN2O2/c21-17-8-4-5-9-18(17)23-15-20(25-19(23)24)10-12-22(13-11-20)14-16-6-2-1-3-7-16/h1-9H,10-15H2. The fraction of sp³-hybridized carbons (Fsp3) is 0.350. The molecule has 0 unspecified atom stereocenters. The van der Waals surface area contributed by atoms with Crippen LogP contribution in [0.15, 0.2) is 54.6 Å². The number of ether oxygens (including phenoxy) is 1. The van der Waals surface area contributed by atoms with Crippen LogP contribution >= 0.6 is 0 Å².